The Morgan fingerprint density at radius 3 is 2.00 bits per heavy atom. The van der Waals surface area contributed by atoms with E-state index in [0.29, 0.717) is 0 Å². The summed E-state index contributed by atoms with van der Waals surface area (Å²) in [5, 5.41) is 0.927. The van der Waals surface area contributed by atoms with Crippen molar-refractivity contribution in [1.82, 2.24) is 0 Å². The third-order valence-corrected chi connectivity index (χ3v) is 2.90. The molecule has 0 amide bonds. The van der Waals surface area contributed by atoms with E-state index in [9.17, 15) is 0 Å². The van der Waals surface area contributed by atoms with Gasteiger partial charge in [-0.15, -0.1) is 0 Å². The Hall–Kier alpha value is 0.180. The van der Waals surface area contributed by atoms with Crippen molar-refractivity contribution in [2.45, 2.75) is 23.5 Å². The first-order valence-electron chi connectivity index (χ1n) is 3.88. The molecule has 66 valence electrons. The first kappa shape index (κ1) is 10.3. The summed E-state index contributed by atoms with van der Waals surface area (Å²) in [4.78, 5) is 0. The molecular weight excluding hydrogens is 280 g/mol. The maximum Gasteiger partial charge on any atom is 0.0449 e. The minimum atomic E-state index is 0.0812. The lowest BCUT2D eigenvalue weighted by molar-refractivity contribution is 0.803. The molecule has 0 N–H and O–H groups in total. The van der Waals surface area contributed by atoms with Gasteiger partial charge in [-0.2, -0.15) is 0 Å². The summed E-state index contributed by atoms with van der Waals surface area (Å²) in [7, 11) is 0. The number of alkyl halides is 2. The summed E-state index contributed by atoms with van der Waals surface area (Å²) in [5.74, 6) is 0. The second-order valence-corrected chi connectivity index (χ2v) is 5.85. The summed E-state index contributed by atoms with van der Waals surface area (Å²) in [6.07, 6.45) is 0. The van der Waals surface area contributed by atoms with Gasteiger partial charge < -0.3 is 0 Å². The first-order chi connectivity index (χ1) is 5.54. The fourth-order valence-electron chi connectivity index (χ4n) is 0.990. The Morgan fingerprint density at radius 1 is 1.17 bits per heavy atom. The molecule has 0 fully saturated rings. The third kappa shape index (κ3) is 2.60. The number of hydrogen-bond donors (Lipinski definition) is 0. The van der Waals surface area contributed by atoms with Crippen molar-refractivity contribution >= 4 is 31.9 Å². The van der Waals surface area contributed by atoms with Crippen LogP contribution in [0.1, 0.15) is 25.0 Å². The fraction of sp³-hybridized carbons (Fsp3) is 0.400. The molecule has 1 aromatic carbocycles. The Labute approximate surface area is 90.6 Å². The second-order valence-electron chi connectivity index (χ2n) is 3.30. The maximum absolute atomic E-state index is 3.62. The van der Waals surface area contributed by atoms with Crippen LogP contribution in [0.3, 0.4) is 0 Å². The minimum Gasteiger partial charge on any atom is -0.0876 e. The summed E-state index contributed by atoms with van der Waals surface area (Å²) in [6.45, 7) is 4.30. The topological polar surface area (TPSA) is 0 Å². The van der Waals surface area contributed by atoms with E-state index in [0.717, 1.165) is 5.33 Å². The zero-order valence-electron chi connectivity index (χ0n) is 7.27. The predicted molar refractivity (Wildman–Crippen MR) is 61.0 cm³/mol. The van der Waals surface area contributed by atoms with Gasteiger partial charge in [0, 0.05) is 9.65 Å². The van der Waals surface area contributed by atoms with Crippen LogP contribution in [0.15, 0.2) is 24.3 Å². The molecule has 0 saturated carbocycles. The SMILES string of the molecule is CC(C)(Br)c1ccc(CBr)cc1. The van der Waals surface area contributed by atoms with Crippen LogP contribution < -0.4 is 0 Å². The van der Waals surface area contributed by atoms with E-state index < -0.39 is 0 Å². The van der Waals surface area contributed by atoms with Crippen molar-refractivity contribution in [3.63, 3.8) is 0 Å². The lowest BCUT2D eigenvalue weighted by Crippen LogP contribution is -2.05. The monoisotopic (exact) mass is 290 g/mol. The zero-order valence-corrected chi connectivity index (χ0v) is 10.4. The number of benzene rings is 1. The molecule has 0 aliphatic heterocycles. The third-order valence-electron chi connectivity index (χ3n) is 1.79. The number of hydrogen-bond acceptors (Lipinski definition) is 0. The molecule has 2 heteroatoms. The van der Waals surface area contributed by atoms with E-state index in [2.05, 4.69) is 70.0 Å². The highest BCUT2D eigenvalue weighted by molar-refractivity contribution is 9.09. The highest BCUT2D eigenvalue weighted by Crippen LogP contribution is 2.29. The van der Waals surface area contributed by atoms with Crippen molar-refractivity contribution in [3.05, 3.63) is 35.4 Å². The van der Waals surface area contributed by atoms with Gasteiger partial charge in [0.05, 0.1) is 0 Å². The normalized spacial score (nSPS) is 11.7. The largest absolute Gasteiger partial charge is 0.0876 e. The fourth-order valence-corrected chi connectivity index (χ4v) is 1.63. The van der Waals surface area contributed by atoms with Gasteiger partial charge in [-0.3, -0.25) is 0 Å². The summed E-state index contributed by atoms with van der Waals surface area (Å²) >= 11 is 7.04. The van der Waals surface area contributed by atoms with Gasteiger partial charge >= 0.3 is 0 Å². The van der Waals surface area contributed by atoms with E-state index in [-0.39, 0.29) is 4.32 Å². The van der Waals surface area contributed by atoms with Gasteiger partial charge in [-0.1, -0.05) is 56.1 Å². The average molecular weight is 292 g/mol. The highest BCUT2D eigenvalue weighted by atomic mass is 79.9. The smallest absolute Gasteiger partial charge is 0.0449 e. The molecule has 0 radical (unpaired) electrons. The van der Waals surface area contributed by atoms with Crippen LogP contribution in [0.5, 0.6) is 0 Å². The molecule has 0 nitrogen and oxygen atoms in total. The molecular formula is C10H12Br2. The average Bonchev–Trinajstić information content (AvgIpc) is 2.03. The Balaban J connectivity index is 2.93. The first-order valence-corrected chi connectivity index (χ1v) is 5.80. The van der Waals surface area contributed by atoms with Gasteiger partial charge in [0.25, 0.3) is 0 Å². The van der Waals surface area contributed by atoms with Crippen molar-refractivity contribution in [3.8, 4) is 0 Å². The Bertz CT molecular complexity index is 244. The van der Waals surface area contributed by atoms with Crippen LogP contribution in [0.25, 0.3) is 0 Å². The second kappa shape index (κ2) is 3.93. The summed E-state index contributed by atoms with van der Waals surface area (Å²) in [5.41, 5.74) is 2.63. The molecule has 0 aliphatic carbocycles. The van der Waals surface area contributed by atoms with Crippen molar-refractivity contribution in [2.24, 2.45) is 0 Å². The van der Waals surface area contributed by atoms with Crippen molar-refractivity contribution < 1.29 is 0 Å². The van der Waals surface area contributed by atoms with Gasteiger partial charge in [0.15, 0.2) is 0 Å². The molecule has 0 spiro atoms. The van der Waals surface area contributed by atoms with Gasteiger partial charge in [-0.25, -0.2) is 0 Å². The molecule has 0 bridgehead atoms. The van der Waals surface area contributed by atoms with E-state index in [1.165, 1.54) is 11.1 Å². The van der Waals surface area contributed by atoms with Crippen LogP contribution in [0.4, 0.5) is 0 Å². The van der Waals surface area contributed by atoms with Crippen molar-refractivity contribution in [1.29, 1.82) is 0 Å². The molecule has 0 saturated heterocycles. The van der Waals surface area contributed by atoms with Crippen LogP contribution in [0.2, 0.25) is 0 Å². The highest BCUT2D eigenvalue weighted by Gasteiger charge is 2.14. The molecule has 0 aromatic heterocycles. The van der Waals surface area contributed by atoms with Gasteiger partial charge in [0.2, 0.25) is 0 Å². The summed E-state index contributed by atoms with van der Waals surface area (Å²) in [6, 6.07) is 8.61. The van der Waals surface area contributed by atoms with E-state index in [4.69, 9.17) is 0 Å². The molecule has 0 heterocycles. The van der Waals surface area contributed by atoms with Crippen molar-refractivity contribution in [2.75, 3.05) is 0 Å². The maximum atomic E-state index is 3.62. The quantitative estimate of drug-likeness (QED) is 0.716. The van der Waals surface area contributed by atoms with Gasteiger partial charge in [-0.05, 0) is 25.0 Å². The van der Waals surface area contributed by atoms with E-state index in [1.54, 1.807) is 0 Å². The zero-order chi connectivity index (χ0) is 9.19. The Kier molecular flexibility index (Phi) is 3.36. The summed E-state index contributed by atoms with van der Waals surface area (Å²) < 4.78 is 0.0812. The molecule has 0 aliphatic rings. The molecule has 0 unspecified atom stereocenters. The standard InChI is InChI=1S/C10H12Br2/c1-10(2,12)9-5-3-8(7-11)4-6-9/h3-6H,7H2,1-2H3. The van der Waals surface area contributed by atoms with Crippen LogP contribution in [-0.4, -0.2) is 0 Å². The predicted octanol–water partition coefficient (Wildman–Crippen LogP) is 4.21. The van der Waals surface area contributed by atoms with E-state index >= 15 is 0 Å². The van der Waals surface area contributed by atoms with Crippen LogP contribution in [-0.2, 0) is 9.65 Å². The molecule has 1 aromatic rings. The van der Waals surface area contributed by atoms with Crippen LogP contribution >= 0.6 is 31.9 Å². The van der Waals surface area contributed by atoms with E-state index in [1.807, 2.05) is 0 Å². The number of rotatable bonds is 2. The number of halogens is 2. The Morgan fingerprint density at radius 2 is 1.67 bits per heavy atom. The molecule has 12 heavy (non-hydrogen) atoms. The minimum absolute atomic E-state index is 0.0812. The molecule has 0 atom stereocenters. The lowest BCUT2D eigenvalue weighted by Gasteiger charge is -2.16. The van der Waals surface area contributed by atoms with Crippen LogP contribution in [0, 0.1) is 0 Å². The molecule has 1 rings (SSSR count). The van der Waals surface area contributed by atoms with Gasteiger partial charge in [0.1, 0.15) is 0 Å². The lowest BCUT2D eigenvalue weighted by atomic mass is 10.0.